The van der Waals surface area contributed by atoms with Crippen LogP contribution in [0.2, 0.25) is 0 Å². The van der Waals surface area contributed by atoms with Crippen LogP contribution in [0.5, 0.6) is 5.75 Å². The molecule has 0 aliphatic heterocycles. The molecular formula is C16H14O3. The number of rotatable bonds is 2. The lowest BCUT2D eigenvalue weighted by atomic mass is 10.0. The summed E-state index contributed by atoms with van der Waals surface area (Å²) < 4.78 is 5.83. The molecule has 19 heavy (non-hydrogen) atoms. The third kappa shape index (κ3) is 1.88. The topological polar surface area (TPSA) is 53.6 Å². The zero-order valence-corrected chi connectivity index (χ0v) is 10.6. The monoisotopic (exact) mass is 254 g/mol. The molecule has 3 rings (SSSR count). The fourth-order valence-electron chi connectivity index (χ4n) is 2.29. The zero-order valence-electron chi connectivity index (χ0n) is 10.6. The number of benzene rings is 2. The maximum Gasteiger partial charge on any atom is 0.140 e. The van der Waals surface area contributed by atoms with Gasteiger partial charge in [-0.2, -0.15) is 0 Å². The van der Waals surface area contributed by atoms with Crippen LogP contribution in [0.1, 0.15) is 11.1 Å². The Morgan fingerprint density at radius 2 is 1.89 bits per heavy atom. The Kier molecular flexibility index (Phi) is 2.76. The van der Waals surface area contributed by atoms with E-state index in [4.69, 9.17) is 4.42 Å². The Hall–Kier alpha value is -2.26. The van der Waals surface area contributed by atoms with Gasteiger partial charge in [0.1, 0.15) is 17.1 Å². The number of hydrogen-bond donors (Lipinski definition) is 2. The number of aromatic hydroxyl groups is 1. The van der Waals surface area contributed by atoms with Gasteiger partial charge >= 0.3 is 0 Å². The molecule has 3 aromatic rings. The van der Waals surface area contributed by atoms with Crippen LogP contribution in [0.25, 0.3) is 22.3 Å². The summed E-state index contributed by atoms with van der Waals surface area (Å²) in [7, 11) is 0. The molecule has 0 aliphatic rings. The van der Waals surface area contributed by atoms with E-state index in [2.05, 4.69) is 0 Å². The summed E-state index contributed by atoms with van der Waals surface area (Å²) in [6, 6.07) is 12.9. The fourth-order valence-corrected chi connectivity index (χ4v) is 2.29. The number of phenols is 1. The molecule has 0 radical (unpaired) electrons. The molecule has 0 spiro atoms. The van der Waals surface area contributed by atoms with Crippen molar-refractivity contribution in [1.29, 1.82) is 0 Å². The Morgan fingerprint density at radius 3 is 2.63 bits per heavy atom. The molecule has 0 atom stereocenters. The van der Waals surface area contributed by atoms with Crippen molar-refractivity contribution in [3.63, 3.8) is 0 Å². The van der Waals surface area contributed by atoms with Gasteiger partial charge in [-0.15, -0.1) is 0 Å². The summed E-state index contributed by atoms with van der Waals surface area (Å²) in [5.74, 6) is 0.914. The van der Waals surface area contributed by atoms with Gasteiger partial charge in [0.15, 0.2) is 0 Å². The van der Waals surface area contributed by atoms with Crippen LogP contribution in [-0.4, -0.2) is 10.2 Å². The molecule has 96 valence electrons. The van der Waals surface area contributed by atoms with Gasteiger partial charge in [0.25, 0.3) is 0 Å². The quantitative estimate of drug-likeness (QED) is 0.734. The number of aliphatic hydroxyl groups excluding tert-OH is 1. The SMILES string of the molecule is Cc1cc(-c2oc3ccccc3c2CO)ccc1O. The molecule has 1 heterocycles. The van der Waals surface area contributed by atoms with Gasteiger partial charge in [-0.25, -0.2) is 0 Å². The number of fused-ring (bicyclic) bond motifs is 1. The van der Waals surface area contributed by atoms with E-state index in [0.717, 1.165) is 27.7 Å². The summed E-state index contributed by atoms with van der Waals surface area (Å²) in [6.45, 7) is 1.76. The summed E-state index contributed by atoms with van der Waals surface area (Å²) in [5, 5.41) is 20.1. The minimum absolute atomic E-state index is 0.0771. The molecule has 0 fully saturated rings. The number of hydrogen-bond acceptors (Lipinski definition) is 3. The van der Waals surface area contributed by atoms with Gasteiger partial charge in [0.05, 0.1) is 6.61 Å². The highest BCUT2D eigenvalue weighted by atomic mass is 16.3. The van der Waals surface area contributed by atoms with Gasteiger partial charge in [-0.1, -0.05) is 18.2 Å². The van der Waals surface area contributed by atoms with Crippen molar-refractivity contribution in [2.75, 3.05) is 0 Å². The van der Waals surface area contributed by atoms with Crippen molar-refractivity contribution >= 4 is 11.0 Å². The van der Waals surface area contributed by atoms with Gasteiger partial charge in [0, 0.05) is 16.5 Å². The van der Waals surface area contributed by atoms with Crippen molar-refractivity contribution < 1.29 is 14.6 Å². The molecule has 2 N–H and O–H groups in total. The minimum Gasteiger partial charge on any atom is -0.508 e. The molecule has 1 aromatic heterocycles. The van der Waals surface area contributed by atoms with Gasteiger partial charge in [-0.3, -0.25) is 0 Å². The Morgan fingerprint density at radius 1 is 1.11 bits per heavy atom. The van der Waals surface area contributed by atoms with Crippen LogP contribution in [0.3, 0.4) is 0 Å². The van der Waals surface area contributed by atoms with E-state index in [1.54, 1.807) is 12.1 Å². The van der Waals surface area contributed by atoms with Crippen LogP contribution < -0.4 is 0 Å². The van der Waals surface area contributed by atoms with E-state index < -0.39 is 0 Å². The number of aliphatic hydroxyl groups is 1. The molecule has 0 unspecified atom stereocenters. The van der Waals surface area contributed by atoms with Crippen LogP contribution in [-0.2, 0) is 6.61 Å². The highest BCUT2D eigenvalue weighted by Gasteiger charge is 2.15. The lowest BCUT2D eigenvalue weighted by Gasteiger charge is -2.03. The summed E-state index contributed by atoms with van der Waals surface area (Å²) >= 11 is 0. The Labute approximate surface area is 110 Å². The van der Waals surface area contributed by atoms with Crippen molar-refractivity contribution in [2.45, 2.75) is 13.5 Å². The second kappa shape index (κ2) is 4.44. The maximum atomic E-state index is 9.58. The standard InChI is InChI=1S/C16H14O3/c1-10-8-11(6-7-14(10)18)16-13(9-17)12-4-2-3-5-15(12)19-16/h2-8,17-18H,9H2,1H3. The number of furan rings is 1. The summed E-state index contributed by atoms with van der Waals surface area (Å²) in [6.07, 6.45) is 0. The molecule has 2 aromatic carbocycles. The van der Waals surface area contributed by atoms with E-state index in [0.29, 0.717) is 5.76 Å². The van der Waals surface area contributed by atoms with Gasteiger partial charge < -0.3 is 14.6 Å². The number of phenolic OH excluding ortho intramolecular Hbond substituents is 1. The first kappa shape index (κ1) is 11.8. The van der Waals surface area contributed by atoms with E-state index in [-0.39, 0.29) is 12.4 Å². The van der Waals surface area contributed by atoms with Crippen LogP contribution in [0.15, 0.2) is 46.9 Å². The fraction of sp³-hybridized carbons (Fsp3) is 0.125. The van der Waals surface area contributed by atoms with Crippen LogP contribution in [0, 0.1) is 6.92 Å². The first-order chi connectivity index (χ1) is 9.20. The predicted octanol–water partition coefficient (Wildman–Crippen LogP) is 3.61. The highest BCUT2D eigenvalue weighted by Crippen LogP contribution is 2.35. The molecule has 0 bridgehead atoms. The average Bonchev–Trinajstić information content (AvgIpc) is 2.80. The molecule has 0 aliphatic carbocycles. The summed E-state index contributed by atoms with van der Waals surface area (Å²) in [4.78, 5) is 0. The van der Waals surface area contributed by atoms with E-state index in [1.807, 2.05) is 37.3 Å². The smallest absolute Gasteiger partial charge is 0.140 e. The summed E-state index contributed by atoms with van der Waals surface area (Å²) in [5.41, 5.74) is 3.17. The third-order valence-electron chi connectivity index (χ3n) is 3.32. The predicted molar refractivity (Wildman–Crippen MR) is 74.0 cm³/mol. The van der Waals surface area contributed by atoms with Crippen molar-refractivity contribution in [1.82, 2.24) is 0 Å². The first-order valence-corrected chi connectivity index (χ1v) is 6.12. The van der Waals surface area contributed by atoms with E-state index >= 15 is 0 Å². The molecular weight excluding hydrogens is 240 g/mol. The zero-order chi connectivity index (χ0) is 13.4. The van der Waals surface area contributed by atoms with Gasteiger partial charge in [0.2, 0.25) is 0 Å². The van der Waals surface area contributed by atoms with E-state index in [1.165, 1.54) is 0 Å². The average molecular weight is 254 g/mol. The Bertz CT molecular complexity index is 741. The van der Waals surface area contributed by atoms with Gasteiger partial charge in [-0.05, 0) is 36.8 Å². The van der Waals surface area contributed by atoms with Crippen LogP contribution >= 0.6 is 0 Å². The number of para-hydroxylation sites is 1. The van der Waals surface area contributed by atoms with Crippen molar-refractivity contribution in [3.05, 3.63) is 53.6 Å². The number of aryl methyl sites for hydroxylation is 1. The molecule has 0 saturated carbocycles. The van der Waals surface area contributed by atoms with E-state index in [9.17, 15) is 10.2 Å². The second-order valence-corrected chi connectivity index (χ2v) is 4.57. The lowest BCUT2D eigenvalue weighted by Crippen LogP contribution is -1.86. The lowest BCUT2D eigenvalue weighted by molar-refractivity contribution is 0.282. The molecule has 3 nitrogen and oxygen atoms in total. The molecule has 3 heteroatoms. The third-order valence-corrected chi connectivity index (χ3v) is 3.32. The maximum absolute atomic E-state index is 9.58. The van der Waals surface area contributed by atoms with Crippen LogP contribution in [0.4, 0.5) is 0 Å². The van der Waals surface area contributed by atoms with Crippen molar-refractivity contribution in [2.24, 2.45) is 0 Å². The molecule has 0 saturated heterocycles. The normalized spacial score (nSPS) is 11.1. The first-order valence-electron chi connectivity index (χ1n) is 6.12. The second-order valence-electron chi connectivity index (χ2n) is 4.57. The molecule has 0 amide bonds. The van der Waals surface area contributed by atoms with Crippen molar-refractivity contribution in [3.8, 4) is 17.1 Å². The Balaban J connectivity index is 2.26. The highest BCUT2D eigenvalue weighted by molar-refractivity contribution is 5.87. The minimum atomic E-state index is -0.0771. The largest absolute Gasteiger partial charge is 0.508 e.